The zero-order chi connectivity index (χ0) is 12.6. The SMILES string of the molecule is Cc1cc(Cl)c(F)c(-c2cc(C(=O)O)[nH]n2)c1. The van der Waals surface area contributed by atoms with Crippen molar-refractivity contribution in [3.63, 3.8) is 0 Å². The summed E-state index contributed by atoms with van der Waals surface area (Å²) in [4.78, 5) is 10.7. The lowest BCUT2D eigenvalue weighted by atomic mass is 10.1. The summed E-state index contributed by atoms with van der Waals surface area (Å²) in [5.41, 5.74) is 1.06. The third-order valence-corrected chi connectivity index (χ3v) is 2.53. The molecule has 6 heteroatoms. The Bertz CT molecular complexity index is 595. The van der Waals surface area contributed by atoms with E-state index in [1.165, 1.54) is 12.1 Å². The average Bonchev–Trinajstić information content (AvgIpc) is 2.72. The standard InChI is InChI=1S/C11H8ClFN2O2/c1-5-2-6(10(13)7(12)3-5)8-4-9(11(16)17)15-14-8/h2-4H,1H3,(H,14,15)(H,16,17). The van der Waals surface area contributed by atoms with Crippen LogP contribution in [0.3, 0.4) is 0 Å². The fourth-order valence-corrected chi connectivity index (χ4v) is 1.75. The predicted molar refractivity (Wildman–Crippen MR) is 60.7 cm³/mol. The third-order valence-electron chi connectivity index (χ3n) is 2.26. The smallest absolute Gasteiger partial charge is 0.353 e. The van der Waals surface area contributed by atoms with Gasteiger partial charge in [-0.1, -0.05) is 11.6 Å². The van der Waals surface area contributed by atoms with Crippen LogP contribution in [-0.4, -0.2) is 21.3 Å². The molecule has 0 aliphatic carbocycles. The predicted octanol–water partition coefficient (Wildman–Crippen LogP) is 2.88. The Balaban J connectivity index is 2.56. The van der Waals surface area contributed by atoms with E-state index in [9.17, 15) is 9.18 Å². The van der Waals surface area contributed by atoms with E-state index in [0.717, 1.165) is 5.56 Å². The van der Waals surface area contributed by atoms with Crippen LogP contribution in [-0.2, 0) is 0 Å². The minimum Gasteiger partial charge on any atom is -0.477 e. The summed E-state index contributed by atoms with van der Waals surface area (Å²) in [6.45, 7) is 1.76. The second-order valence-corrected chi connectivity index (χ2v) is 3.99. The van der Waals surface area contributed by atoms with E-state index in [2.05, 4.69) is 10.2 Å². The molecule has 0 amide bonds. The van der Waals surface area contributed by atoms with E-state index in [4.69, 9.17) is 16.7 Å². The fraction of sp³-hybridized carbons (Fsp3) is 0.0909. The molecule has 2 rings (SSSR count). The molecule has 17 heavy (non-hydrogen) atoms. The molecule has 0 saturated carbocycles. The van der Waals surface area contributed by atoms with Gasteiger partial charge in [0.05, 0.1) is 10.7 Å². The van der Waals surface area contributed by atoms with Crippen LogP contribution in [0.25, 0.3) is 11.3 Å². The van der Waals surface area contributed by atoms with E-state index < -0.39 is 11.8 Å². The van der Waals surface area contributed by atoms with Crippen molar-refractivity contribution in [3.8, 4) is 11.3 Å². The molecule has 0 aliphatic heterocycles. The number of carboxylic acid groups (broad SMARTS) is 1. The van der Waals surface area contributed by atoms with E-state index in [-0.39, 0.29) is 22.0 Å². The summed E-state index contributed by atoms with van der Waals surface area (Å²) in [6, 6.07) is 4.31. The van der Waals surface area contributed by atoms with Gasteiger partial charge in [-0.3, -0.25) is 5.10 Å². The first-order valence-electron chi connectivity index (χ1n) is 4.73. The lowest BCUT2D eigenvalue weighted by Gasteiger charge is -2.03. The summed E-state index contributed by atoms with van der Waals surface area (Å²) in [5.74, 6) is -1.76. The van der Waals surface area contributed by atoms with Gasteiger partial charge in [-0.25, -0.2) is 9.18 Å². The van der Waals surface area contributed by atoms with Gasteiger partial charge in [0.2, 0.25) is 0 Å². The Labute approximate surface area is 101 Å². The number of aromatic amines is 1. The number of nitrogens with zero attached hydrogens (tertiary/aromatic N) is 1. The molecule has 0 atom stereocenters. The molecule has 4 nitrogen and oxygen atoms in total. The van der Waals surface area contributed by atoms with E-state index in [0.29, 0.717) is 0 Å². The van der Waals surface area contributed by atoms with Gasteiger partial charge in [-0.05, 0) is 30.7 Å². The molecule has 1 aromatic carbocycles. The second kappa shape index (κ2) is 4.18. The molecular formula is C11H8ClFN2O2. The van der Waals surface area contributed by atoms with Crippen molar-refractivity contribution < 1.29 is 14.3 Å². The number of halogens is 2. The van der Waals surface area contributed by atoms with Crippen molar-refractivity contribution in [3.05, 3.63) is 40.3 Å². The lowest BCUT2D eigenvalue weighted by molar-refractivity contribution is 0.0690. The topological polar surface area (TPSA) is 66.0 Å². The third kappa shape index (κ3) is 2.14. The van der Waals surface area contributed by atoms with Crippen molar-refractivity contribution >= 4 is 17.6 Å². The fourth-order valence-electron chi connectivity index (χ4n) is 1.48. The molecule has 0 bridgehead atoms. The van der Waals surface area contributed by atoms with Crippen LogP contribution in [0.5, 0.6) is 0 Å². The van der Waals surface area contributed by atoms with Gasteiger partial charge in [0.15, 0.2) is 5.82 Å². The highest BCUT2D eigenvalue weighted by molar-refractivity contribution is 6.31. The van der Waals surface area contributed by atoms with Crippen LogP contribution in [0, 0.1) is 12.7 Å². The normalized spacial score (nSPS) is 10.5. The Kier molecular flexibility index (Phi) is 2.85. The Morgan fingerprint density at radius 3 is 2.76 bits per heavy atom. The average molecular weight is 255 g/mol. The molecule has 1 heterocycles. The molecule has 0 radical (unpaired) electrons. The number of aromatic carboxylic acids is 1. The van der Waals surface area contributed by atoms with E-state index >= 15 is 0 Å². The summed E-state index contributed by atoms with van der Waals surface area (Å²) in [6.07, 6.45) is 0. The number of aromatic nitrogens is 2. The second-order valence-electron chi connectivity index (χ2n) is 3.58. The molecule has 0 fully saturated rings. The molecular weight excluding hydrogens is 247 g/mol. The Hall–Kier alpha value is -1.88. The molecule has 2 aromatic rings. The van der Waals surface area contributed by atoms with Gasteiger partial charge in [0.1, 0.15) is 5.69 Å². The Morgan fingerprint density at radius 2 is 2.18 bits per heavy atom. The van der Waals surface area contributed by atoms with Gasteiger partial charge in [-0.15, -0.1) is 0 Å². The zero-order valence-electron chi connectivity index (χ0n) is 8.79. The number of hydrogen-bond acceptors (Lipinski definition) is 2. The number of rotatable bonds is 2. The number of hydrogen-bond donors (Lipinski definition) is 2. The van der Waals surface area contributed by atoms with Crippen LogP contribution in [0.1, 0.15) is 16.1 Å². The van der Waals surface area contributed by atoms with E-state index in [1.54, 1.807) is 13.0 Å². The van der Waals surface area contributed by atoms with Crippen LogP contribution < -0.4 is 0 Å². The summed E-state index contributed by atoms with van der Waals surface area (Å²) in [5, 5.41) is 14.8. The van der Waals surface area contributed by atoms with Crippen molar-refractivity contribution in [1.29, 1.82) is 0 Å². The van der Waals surface area contributed by atoms with Crippen LogP contribution in [0.2, 0.25) is 5.02 Å². The van der Waals surface area contributed by atoms with E-state index in [1.807, 2.05) is 0 Å². The molecule has 0 aliphatic rings. The lowest BCUT2D eigenvalue weighted by Crippen LogP contribution is -1.95. The van der Waals surface area contributed by atoms with Crippen LogP contribution >= 0.6 is 11.6 Å². The molecule has 88 valence electrons. The number of benzene rings is 1. The summed E-state index contributed by atoms with van der Waals surface area (Å²) >= 11 is 5.71. The number of nitrogens with one attached hydrogen (secondary N) is 1. The van der Waals surface area contributed by atoms with Crippen LogP contribution in [0.15, 0.2) is 18.2 Å². The minimum absolute atomic E-state index is 0.0140. The molecule has 2 N–H and O–H groups in total. The monoisotopic (exact) mass is 254 g/mol. The number of aryl methyl sites for hydroxylation is 1. The first-order chi connectivity index (χ1) is 7.99. The zero-order valence-corrected chi connectivity index (χ0v) is 9.55. The maximum absolute atomic E-state index is 13.7. The maximum Gasteiger partial charge on any atom is 0.353 e. The molecule has 1 aromatic heterocycles. The highest BCUT2D eigenvalue weighted by atomic mass is 35.5. The summed E-state index contributed by atoms with van der Waals surface area (Å²) in [7, 11) is 0. The highest BCUT2D eigenvalue weighted by Gasteiger charge is 2.15. The maximum atomic E-state index is 13.7. The summed E-state index contributed by atoms with van der Waals surface area (Å²) < 4.78 is 13.7. The first-order valence-corrected chi connectivity index (χ1v) is 5.11. The molecule has 0 saturated heterocycles. The van der Waals surface area contributed by atoms with Gasteiger partial charge in [0, 0.05) is 5.56 Å². The molecule has 0 spiro atoms. The first kappa shape index (κ1) is 11.6. The van der Waals surface area contributed by atoms with Crippen molar-refractivity contribution in [2.45, 2.75) is 6.92 Å². The van der Waals surface area contributed by atoms with Gasteiger partial charge in [-0.2, -0.15) is 5.10 Å². The molecule has 0 unspecified atom stereocenters. The van der Waals surface area contributed by atoms with Crippen LogP contribution in [0.4, 0.5) is 4.39 Å². The van der Waals surface area contributed by atoms with Crippen molar-refractivity contribution in [2.24, 2.45) is 0 Å². The van der Waals surface area contributed by atoms with Gasteiger partial charge < -0.3 is 5.11 Å². The van der Waals surface area contributed by atoms with Gasteiger partial charge >= 0.3 is 5.97 Å². The number of carboxylic acids is 1. The Morgan fingerprint density at radius 1 is 1.47 bits per heavy atom. The number of H-pyrrole nitrogens is 1. The quantitative estimate of drug-likeness (QED) is 0.866. The largest absolute Gasteiger partial charge is 0.477 e. The highest BCUT2D eigenvalue weighted by Crippen LogP contribution is 2.28. The van der Waals surface area contributed by atoms with Gasteiger partial charge in [0.25, 0.3) is 0 Å². The van der Waals surface area contributed by atoms with Crippen molar-refractivity contribution in [2.75, 3.05) is 0 Å². The minimum atomic E-state index is -1.15. The van der Waals surface area contributed by atoms with Crippen molar-refractivity contribution in [1.82, 2.24) is 10.2 Å². The number of carbonyl (C=O) groups is 1.